The lowest BCUT2D eigenvalue weighted by Crippen LogP contribution is -2.22. The van der Waals surface area contributed by atoms with Gasteiger partial charge in [0.1, 0.15) is 11.9 Å². The number of para-hydroxylation sites is 1. The van der Waals surface area contributed by atoms with Gasteiger partial charge in [0.15, 0.2) is 0 Å². The van der Waals surface area contributed by atoms with Crippen molar-refractivity contribution in [2.45, 2.75) is 31.3 Å². The largest absolute Gasteiger partial charge is 0.485 e. The summed E-state index contributed by atoms with van der Waals surface area (Å²) in [6.45, 7) is 4.73. The molecule has 0 saturated heterocycles. The molecule has 1 aliphatic heterocycles. The molecule has 2 nitrogen and oxygen atoms in total. The smallest absolute Gasteiger partial charge is 0.132 e. The lowest BCUT2D eigenvalue weighted by molar-refractivity contribution is 0.198. The normalized spacial score (nSPS) is 16.7. The molecule has 0 bridgehead atoms. The maximum atomic E-state index is 6.64. The van der Waals surface area contributed by atoms with E-state index >= 15 is 0 Å². The van der Waals surface area contributed by atoms with Crippen molar-refractivity contribution < 1.29 is 4.74 Å². The Labute approximate surface area is 288 Å². The first-order chi connectivity index (χ1) is 24.0. The Morgan fingerprint density at radius 2 is 0.939 bits per heavy atom. The summed E-state index contributed by atoms with van der Waals surface area (Å²) in [5.74, 6) is 1.34. The molecule has 49 heavy (non-hydrogen) atoms. The minimum absolute atomic E-state index is 0.0123. The van der Waals surface area contributed by atoms with Gasteiger partial charge in [0, 0.05) is 34.0 Å². The Bertz CT molecular complexity index is 2190. The number of benzene rings is 7. The van der Waals surface area contributed by atoms with Crippen molar-refractivity contribution in [3.05, 3.63) is 193 Å². The summed E-state index contributed by atoms with van der Waals surface area (Å²) >= 11 is 0. The quantitative estimate of drug-likeness (QED) is 0.181. The monoisotopic (exact) mass is 631 g/mol. The van der Waals surface area contributed by atoms with Crippen molar-refractivity contribution in [2.24, 2.45) is 0 Å². The first-order valence-corrected chi connectivity index (χ1v) is 17.2. The molecule has 0 saturated carbocycles. The van der Waals surface area contributed by atoms with Gasteiger partial charge < -0.3 is 9.64 Å². The Morgan fingerprint density at radius 3 is 1.57 bits per heavy atom. The van der Waals surface area contributed by atoms with E-state index in [0.29, 0.717) is 5.92 Å². The molecule has 0 fully saturated rings. The van der Waals surface area contributed by atoms with E-state index in [0.717, 1.165) is 22.8 Å². The van der Waals surface area contributed by atoms with Gasteiger partial charge >= 0.3 is 0 Å². The molecule has 0 radical (unpaired) electrons. The zero-order chi connectivity index (χ0) is 33.0. The SMILES string of the molecule is CC1(C)c2ccc(-c3cccc(N(c4ccc(-c5ccccc5)cc4)c4ccc(-c5ccccc5)cc4)c3)cc2C2Oc3ccccc3C21. The first-order valence-electron chi connectivity index (χ1n) is 17.2. The maximum absolute atomic E-state index is 6.64. The number of ether oxygens (including phenoxy) is 1. The van der Waals surface area contributed by atoms with Crippen LogP contribution in [0.2, 0.25) is 0 Å². The van der Waals surface area contributed by atoms with Gasteiger partial charge in [-0.05, 0) is 93.0 Å². The number of hydrogen-bond acceptors (Lipinski definition) is 2. The van der Waals surface area contributed by atoms with Crippen LogP contribution in [-0.4, -0.2) is 0 Å². The predicted octanol–water partition coefficient (Wildman–Crippen LogP) is 12.7. The van der Waals surface area contributed by atoms with Gasteiger partial charge in [-0.3, -0.25) is 0 Å². The van der Waals surface area contributed by atoms with E-state index in [2.05, 4.69) is 195 Å². The zero-order valence-electron chi connectivity index (χ0n) is 27.8. The summed E-state index contributed by atoms with van der Waals surface area (Å²) in [5.41, 5.74) is 14.6. The number of fused-ring (bicyclic) bond motifs is 5. The summed E-state index contributed by atoms with van der Waals surface area (Å²) in [4.78, 5) is 2.36. The maximum Gasteiger partial charge on any atom is 0.132 e. The van der Waals surface area contributed by atoms with Crippen LogP contribution in [0, 0.1) is 0 Å². The van der Waals surface area contributed by atoms with Gasteiger partial charge in [-0.1, -0.05) is 141 Å². The second kappa shape index (κ2) is 11.7. The van der Waals surface area contributed by atoms with E-state index in [4.69, 9.17) is 4.74 Å². The van der Waals surface area contributed by atoms with Crippen LogP contribution in [0.4, 0.5) is 17.1 Å². The molecule has 236 valence electrons. The standard InChI is InChI=1S/C47H37NO/c1-47(2)43-29-24-37(31-42(43)46-45(47)41-18-9-10-19-44(41)49-46)36-16-11-17-40(30-36)48(38-25-20-34(21-26-38)32-12-5-3-6-13-32)39-27-22-35(23-28-39)33-14-7-4-8-15-33/h3-31,45-46H,1-2H3. The lowest BCUT2D eigenvalue weighted by atomic mass is 9.75. The van der Waals surface area contributed by atoms with Gasteiger partial charge in [0.25, 0.3) is 0 Å². The number of anilines is 3. The van der Waals surface area contributed by atoms with Crippen LogP contribution in [0.3, 0.4) is 0 Å². The predicted molar refractivity (Wildman–Crippen MR) is 203 cm³/mol. The van der Waals surface area contributed by atoms with E-state index in [-0.39, 0.29) is 11.5 Å². The highest BCUT2D eigenvalue weighted by molar-refractivity contribution is 5.82. The minimum Gasteiger partial charge on any atom is -0.485 e. The summed E-state index contributed by atoms with van der Waals surface area (Å²) in [5, 5.41) is 0. The van der Waals surface area contributed by atoms with Crippen molar-refractivity contribution in [1.29, 1.82) is 0 Å². The first kappa shape index (κ1) is 29.3. The number of hydrogen-bond donors (Lipinski definition) is 0. The third-order valence-electron chi connectivity index (χ3n) is 10.5. The summed E-state index contributed by atoms with van der Waals surface area (Å²) in [7, 11) is 0. The zero-order valence-corrected chi connectivity index (χ0v) is 27.8. The summed E-state index contributed by atoms with van der Waals surface area (Å²) < 4.78 is 6.64. The van der Waals surface area contributed by atoms with Gasteiger partial charge in [0.05, 0.1) is 0 Å². The second-order valence-electron chi connectivity index (χ2n) is 13.8. The topological polar surface area (TPSA) is 12.5 Å². The number of rotatable bonds is 6. The van der Waals surface area contributed by atoms with E-state index in [1.807, 2.05) is 0 Å². The van der Waals surface area contributed by atoms with E-state index in [9.17, 15) is 0 Å². The van der Waals surface area contributed by atoms with Crippen LogP contribution in [-0.2, 0) is 5.41 Å². The molecule has 2 atom stereocenters. The van der Waals surface area contributed by atoms with E-state index in [1.54, 1.807) is 0 Å². The van der Waals surface area contributed by atoms with Crippen molar-refractivity contribution in [2.75, 3.05) is 4.90 Å². The fourth-order valence-corrected chi connectivity index (χ4v) is 8.09. The molecule has 0 N–H and O–H groups in total. The van der Waals surface area contributed by atoms with Gasteiger partial charge in [-0.15, -0.1) is 0 Å². The molecule has 0 spiro atoms. The Balaban J connectivity index is 1.11. The van der Waals surface area contributed by atoms with Crippen LogP contribution < -0.4 is 9.64 Å². The van der Waals surface area contributed by atoms with Gasteiger partial charge in [0.2, 0.25) is 0 Å². The average molecular weight is 632 g/mol. The van der Waals surface area contributed by atoms with Gasteiger partial charge in [-0.25, -0.2) is 0 Å². The molecule has 2 unspecified atom stereocenters. The summed E-state index contributed by atoms with van der Waals surface area (Å²) in [6, 6.07) is 63.4. The van der Waals surface area contributed by atoms with Crippen molar-refractivity contribution >= 4 is 17.1 Å². The molecular weight excluding hydrogens is 595 g/mol. The highest BCUT2D eigenvalue weighted by atomic mass is 16.5. The van der Waals surface area contributed by atoms with Crippen LogP contribution in [0.25, 0.3) is 33.4 Å². The average Bonchev–Trinajstić information content (AvgIpc) is 3.66. The van der Waals surface area contributed by atoms with Crippen molar-refractivity contribution in [3.8, 4) is 39.1 Å². The molecule has 1 heterocycles. The fraction of sp³-hybridized carbons (Fsp3) is 0.106. The Kier molecular flexibility index (Phi) is 6.98. The van der Waals surface area contributed by atoms with E-state index in [1.165, 1.54) is 50.1 Å². The van der Waals surface area contributed by atoms with Gasteiger partial charge in [-0.2, -0.15) is 0 Å². The van der Waals surface area contributed by atoms with E-state index < -0.39 is 0 Å². The molecule has 9 rings (SSSR count). The minimum atomic E-state index is -0.0123. The summed E-state index contributed by atoms with van der Waals surface area (Å²) in [6.07, 6.45) is 0.0355. The molecule has 0 aromatic heterocycles. The Morgan fingerprint density at radius 1 is 0.429 bits per heavy atom. The molecule has 2 aliphatic rings. The molecule has 0 amide bonds. The molecule has 1 aliphatic carbocycles. The van der Waals surface area contributed by atoms with Crippen LogP contribution >= 0.6 is 0 Å². The molecule has 7 aromatic rings. The third kappa shape index (κ3) is 5.03. The third-order valence-corrected chi connectivity index (χ3v) is 10.5. The number of nitrogens with zero attached hydrogens (tertiary/aromatic N) is 1. The lowest BCUT2D eigenvalue weighted by Gasteiger charge is -2.27. The van der Waals surface area contributed by atoms with Crippen molar-refractivity contribution in [3.63, 3.8) is 0 Å². The van der Waals surface area contributed by atoms with Crippen LogP contribution in [0.15, 0.2) is 176 Å². The molecule has 2 heteroatoms. The van der Waals surface area contributed by atoms with Crippen LogP contribution in [0.5, 0.6) is 5.75 Å². The van der Waals surface area contributed by atoms with Crippen molar-refractivity contribution in [1.82, 2.24) is 0 Å². The highest BCUT2D eigenvalue weighted by Gasteiger charge is 2.52. The molecule has 7 aromatic carbocycles. The highest BCUT2D eigenvalue weighted by Crippen LogP contribution is 2.61. The Hall–Kier alpha value is -5.86. The fourth-order valence-electron chi connectivity index (χ4n) is 8.09. The second-order valence-corrected chi connectivity index (χ2v) is 13.8. The van der Waals surface area contributed by atoms with Crippen LogP contribution in [0.1, 0.15) is 42.6 Å². The molecular formula is C47H37NO.